The van der Waals surface area contributed by atoms with Crippen LogP contribution in [-0.2, 0) is 11.2 Å². The molecule has 2 heterocycles. The third-order valence-electron chi connectivity index (χ3n) is 4.06. The number of rotatable bonds is 7. The van der Waals surface area contributed by atoms with E-state index < -0.39 is 0 Å². The topological polar surface area (TPSA) is 83.0 Å². The Balaban J connectivity index is 1.54. The molecule has 0 saturated heterocycles. The number of hydrogen-bond acceptors (Lipinski definition) is 4. The summed E-state index contributed by atoms with van der Waals surface area (Å²) in [6.45, 7) is 4.50. The second-order valence-corrected chi connectivity index (χ2v) is 5.84. The molecule has 0 spiro atoms. The molecule has 0 radical (unpaired) electrons. The van der Waals surface area contributed by atoms with E-state index in [0.717, 1.165) is 18.5 Å². The number of fused-ring (bicyclic) bond motifs is 1. The molecule has 0 fully saturated rings. The Hall–Kier alpha value is -2.60. The van der Waals surface area contributed by atoms with E-state index in [9.17, 15) is 4.79 Å². The molecule has 126 valence electrons. The normalized spacial score (nSPS) is 12.4. The Labute approximate surface area is 140 Å². The van der Waals surface area contributed by atoms with E-state index in [-0.39, 0.29) is 11.9 Å². The maximum Gasteiger partial charge on any atom is 0.242 e. The molecule has 3 aromatic rings. The maximum absolute atomic E-state index is 12.3. The van der Waals surface area contributed by atoms with Crippen molar-refractivity contribution in [2.75, 3.05) is 11.9 Å². The summed E-state index contributed by atoms with van der Waals surface area (Å²) in [5.74, 6) is 1.03. The number of carbonyl (C=O) groups is 1. The maximum atomic E-state index is 12.3. The second kappa shape index (κ2) is 7.31. The number of nitrogens with one attached hydrogen (secondary N) is 3. The highest BCUT2D eigenvalue weighted by Crippen LogP contribution is 2.17. The van der Waals surface area contributed by atoms with Gasteiger partial charge < -0.3 is 20.1 Å². The summed E-state index contributed by atoms with van der Waals surface area (Å²) in [5, 5.41) is 11.1. The quantitative estimate of drug-likeness (QED) is 0.623. The number of aromatic amines is 1. The minimum Gasteiger partial charge on any atom is -0.361 e. The molecule has 1 atom stereocenters. The zero-order valence-corrected chi connectivity index (χ0v) is 13.9. The van der Waals surface area contributed by atoms with Gasteiger partial charge in [-0.05, 0) is 37.9 Å². The molecule has 6 nitrogen and oxygen atoms in total. The largest absolute Gasteiger partial charge is 0.361 e. The van der Waals surface area contributed by atoms with Crippen LogP contribution in [0.1, 0.15) is 24.7 Å². The highest BCUT2D eigenvalue weighted by molar-refractivity contribution is 5.94. The molecule has 6 heteroatoms. The van der Waals surface area contributed by atoms with Gasteiger partial charge in [-0.25, -0.2) is 0 Å². The predicted octanol–water partition coefficient (Wildman–Crippen LogP) is 3.01. The van der Waals surface area contributed by atoms with Gasteiger partial charge in [0.15, 0.2) is 5.82 Å². The van der Waals surface area contributed by atoms with Crippen LogP contribution in [0.4, 0.5) is 5.82 Å². The monoisotopic (exact) mass is 326 g/mol. The summed E-state index contributed by atoms with van der Waals surface area (Å²) >= 11 is 0. The van der Waals surface area contributed by atoms with E-state index >= 15 is 0 Å². The molecule has 0 saturated carbocycles. The van der Waals surface area contributed by atoms with Crippen molar-refractivity contribution in [3.8, 4) is 0 Å². The van der Waals surface area contributed by atoms with Crippen LogP contribution in [0, 0.1) is 6.92 Å². The van der Waals surface area contributed by atoms with Crippen LogP contribution in [0.15, 0.2) is 41.1 Å². The van der Waals surface area contributed by atoms with E-state index in [1.54, 1.807) is 13.0 Å². The van der Waals surface area contributed by atoms with Crippen molar-refractivity contribution >= 4 is 22.6 Å². The number of aromatic nitrogens is 2. The third-order valence-corrected chi connectivity index (χ3v) is 4.06. The number of amides is 1. The molecular formula is C18H22N4O2. The highest BCUT2D eigenvalue weighted by Gasteiger charge is 2.17. The predicted molar refractivity (Wildman–Crippen MR) is 94.0 cm³/mol. The van der Waals surface area contributed by atoms with Crippen LogP contribution in [0.3, 0.4) is 0 Å². The van der Waals surface area contributed by atoms with E-state index in [1.807, 2.05) is 25.3 Å². The van der Waals surface area contributed by atoms with Crippen LogP contribution in [-0.4, -0.2) is 28.6 Å². The number of para-hydroxylation sites is 1. The summed E-state index contributed by atoms with van der Waals surface area (Å²) in [6.07, 6.45) is 3.60. The first-order valence-corrected chi connectivity index (χ1v) is 8.20. The SMILES string of the molecule is CCC(NCCc1c[nH]c2ccccc12)C(=O)Nc1cc(C)on1. The molecule has 0 aliphatic heterocycles. The summed E-state index contributed by atoms with van der Waals surface area (Å²) < 4.78 is 4.96. The summed E-state index contributed by atoms with van der Waals surface area (Å²) in [6, 6.07) is 9.68. The van der Waals surface area contributed by atoms with Gasteiger partial charge in [-0.2, -0.15) is 0 Å². The lowest BCUT2D eigenvalue weighted by Gasteiger charge is -2.15. The molecule has 1 unspecified atom stereocenters. The van der Waals surface area contributed by atoms with Gasteiger partial charge in [-0.1, -0.05) is 30.3 Å². The molecule has 0 aliphatic carbocycles. The Morgan fingerprint density at radius 3 is 2.96 bits per heavy atom. The van der Waals surface area contributed by atoms with Crippen molar-refractivity contribution in [1.82, 2.24) is 15.5 Å². The Bertz CT molecular complexity index is 821. The van der Waals surface area contributed by atoms with E-state index in [0.29, 0.717) is 18.0 Å². The number of anilines is 1. The zero-order chi connectivity index (χ0) is 16.9. The molecule has 0 aliphatic rings. The van der Waals surface area contributed by atoms with Crippen molar-refractivity contribution in [2.45, 2.75) is 32.7 Å². The summed E-state index contributed by atoms with van der Waals surface area (Å²) in [5.41, 5.74) is 2.39. The second-order valence-electron chi connectivity index (χ2n) is 5.84. The van der Waals surface area contributed by atoms with E-state index in [1.165, 1.54) is 10.9 Å². The Morgan fingerprint density at radius 2 is 2.21 bits per heavy atom. The average molecular weight is 326 g/mol. The molecule has 0 bridgehead atoms. The molecule has 24 heavy (non-hydrogen) atoms. The molecule has 1 amide bonds. The number of hydrogen-bond donors (Lipinski definition) is 3. The lowest BCUT2D eigenvalue weighted by Crippen LogP contribution is -2.41. The van der Waals surface area contributed by atoms with E-state index in [2.05, 4.69) is 32.9 Å². The van der Waals surface area contributed by atoms with Crippen molar-refractivity contribution in [1.29, 1.82) is 0 Å². The van der Waals surface area contributed by atoms with Crippen molar-refractivity contribution in [3.05, 3.63) is 47.9 Å². The zero-order valence-electron chi connectivity index (χ0n) is 13.9. The molecular weight excluding hydrogens is 304 g/mol. The van der Waals surface area contributed by atoms with Crippen molar-refractivity contribution < 1.29 is 9.32 Å². The van der Waals surface area contributed by atoms with Crippen LogP contribution < -0.4 is 10.6 Å². The Morgan fingerprint density at radius 1 is 1.38 bits per heavy atom. The van der Waals surface area contributed by atoms with Crippen LogP contribution in [0.25, 0.3) is 10.9 Å². The van der Waals surface area contributed by atoms with Crippen molar-refractivity contribution in [2.24, 2.45) is 0 Å². The number of H-pyrrole nitrogens is 1. The standard InChI is InChI=1S/C18H22N4O2/c1-3-15(18(23)21-17-10-12(2)24-22-17)19-9-8-13-11-20-16-7-5-4-6-14(13)16/h4-7,10-11,15,19-20H,3,8-9H2,1-2H3,(H,21,22,23). The molecule has 1 aromatic carbocycles. The minimum absolute atomic E-state index is 0.0928. The highest BCUT2D eigenvalue weighted by atomic mass is 16.5. The average Bonchev–Trinajstić information content (AvgIpc) is 3.18. The fourth-order valence-corrected chi connectivity index (χ4v) is 2.78. The fraction of sp³-hybridized carbons (Fsp3) is 0.333. The first-order valence-electron chi connectivity index (χ1n) is 8.20. The van der Waals surface area contributed by atoms with Crippen molar-refractivity contribution in [3.63, 3.8) is 0 Å². The van der Waals surface area contributed by atoms with Gasteiger partial charge in [0.1, 0.15) is 5.76 Å². The minimum atomic E-state index is -0.257. The lowest BCUT2D eigenvalue weighted by molar-refractivity contribution is -0.118. The number of benzene rings is 1. The summed E-state index contributed by atoms with van der Waals surface area (Å²) in [4.78, 5) is 15.6. The van der Waals surface area contributed by atoms with Crippen LogP contribution in [0.5, 0.6) is 0 Å². The van der Waals surface area contributed by atoms with Gasteiger partial charge in [-0.15, -0.1) is 0 Å². The molecule has 3 rings (SSSR count). The molecule has 3 N–H and O–H groups in total. The lowest BCUT2D eigenvalue weighted by atomic mass is 10.1. The third kappa shape index (κ3) is 3.65. The smallest absolute Gasteiger partial charge is 0.242 e. The first kappa shape index (κ1) is 16.3. The van der Waals surface area contributed by atoms with E-state index in [4.69, 9.17) is 4.52 Å². The first-order chi connectivity index (χ1) is 11.7. The van der Waals surface area contributed by atoms with Gasteiger partial charge in [-0.3, -0.25) is 4.79 Å². The van der Waals surface area contributed by atoms with Gasteiger partial charge in [0, 0.05) is 23.2 Å². The van der Waals surface area contributed by atoms with Crippen LogP contribution >= 0.6 is 0 Å². The van der Waals surface area contributed by atoms with Crippen LogP contribution in [0.2, 0.25) is 0 Å². The number of aryl methyl sites for hydroxylation is 1. The van der Waals surface area contributed by atoms with Gasteiger partial charge in [0.25, 0.3) is 0 Å². The Kier molecular flexibility index (Phi) is 4.96. The van der Waals surface area contributed by atoms with Gasteiger partial charge in [0.05, 0.1) is 6.04 Å². The number of carbonyl (C=O) groups excluding carboxylic acids is 1. The van der Waals surface area contributed by atoms with Gasteiger partial charge >= 0.3 is 0 Å². The summed E-state index contributed by atoms with van der Waals surface area (Å²) in [7, 11) is 0. The van der Waals surface area contributed by atoms with Gasteiger partial charge in [0.2, 0.25) is 5.91 Å². The molecule has 2 aromatic heterocycles. The number of nitrogens with zero attached hydrogens (tertiary/aromatic N) is 1. The fourth-order valence-electron chi connectivity index (χ4n) is 2.78.